The molecule has 0 radical (unpaired) electrons. The highest BCUT2D eigenvalue weighted by atomic mass is 16.1. The number of imidazole rings is 1. The fourth-order valence-electron chi connectivity index (χ4n) is 2.81. The van der Waals surface area contributed by atoms with Gasteiger partial charge in [0.1, 0.15) is 5.82 Å². The SMILES string of the molecule is Cn1ccnc1C(C1CC1)n1cnc2ccncc2c1=O. The van der Waals surface area contributed by atoms with Crippen molar-refractivity contribution < 1.29 is 0 Å². The third kappa shape index (κ3) is 1.94. The summed E-state index contributed by atoms with van der Waals surface area (Å²) in [6.07, 6.45) is 10.8. The van der Waals surface area contributed by atoms with Crippen molar-refractivity contribution in [3.8, 4) is 0 Å². The van der Waals surface area contributed by atoms with Crippen molar-refractivity contribution in [1.29, 1.82) is 0 Å². The van der Waals surface area contributed by atoms with Gasteiger partial charge < -0.3 is 4.57 Å². The second-order valence-electron chi connectivity index (χ2n) is 5.53. The summed E-state index contributed by atoms with van der Waals surface area (Å²) in [5.74, 6) is 1.37. The third-order valence-electron chi connectivity index (χ3n) is 4.08. The van der Waals surface area contributed by atoms with E-state index in [1.807, 2.05) is 17.8 Å². The largest absolute Gasteiger partial charge is 0.336 e. The summed E-state index contributed by atoms with van der Waals surface area (Å²) < 4.78 is 3.69. The molecule has 0 aromatic carbocycles. The van der Waals surface area contributed by atoms with Crippen LogP contribution in [0.2, 0.25) is 0 Å². The molecule has 0 spiro atoms. The first-order valence-corrected chi connectivity index (χ1v) is 7.04. The van der Waals surface area contributed by atoms with Crippen LogP contribution in [0.25, 0.3) is 10.9 Å². The average Bonchev–Trinajstić information content (AvgIpc) is 3.25. The molecule has 0 amide bonds. The quantitative estimate of drug-likeness (QED) is 0.730. The number of hydrogen-bond acceptors (Lipinski definition) is 4. The Morgan fingerprint density at radius 3 is 2.86 bits per heavy atom. The van der Waals surface area contributed by atoms with Crippen molar-refractivity contribution in [3.05, 3.63) is 53.4 Å². The lowest BCUT2D eigenvalue weighted by Crippen LogP contribution is -2.29. The third-order valence-corrected chi connectivity index (χ3v) is 4.08. The number of aromatic nitrogens is 5. The molecule has 21 heavy (non-hydrogen) atoms. The van der Waals surface area contributed by atoms with Crippen molar-refractivity contribution in [2.24, 2.45) is 13.0 Å². The Morgan fingerprint density at radius 2 is 2.14 bits per heavy atom. The Labute approximate surface area is 121 Å². The lowest BCUT2D eigenvalue weighted by Gasteiger charge is -2.19. The maximum absolute atomic E-state index is 12.8. The van der Waals surface area contributed by atoms with Gasteiger partial charge >= 0.3 is 0 Å². The molecule has 1 aliphatic rings. The van der Waals surface area contributed by atoms with Crippen LogP contribution in [0.4, 0.5) is 0 Å². The molecule has 6 nitrogen and oxygen atoms in total. The molecule has 6 heteroatoms. The molecule has 3 aromatic heterocycles. The normalized spacial score (nSPS) is 16.2. The molecule has 1 fully saturated rings. The zero-order valence-corrected chi connectivity index (χ0v) is 11.7. The number of nitrogens with zero attached hydrogens (tertiary/aromatic N) is 5. The van der Waals surface area contributed by atoms with E-state index < -0.39 is 0 Å². The Balaban J connectivity index is 1.93. The molecule has 0 saturated heterocycles. The van der Waals surface area contributed by atoms with Gasteiger partial charge in [-0.05, 0) is 24.8 Å². The molecule has 3 heterocycles. The topological polar surface area (TPSA) is 65.6 Å². The van der Waals surface area contributed by atoms with Crippen LogP contribution in [0.1, 0.15) is 24.7 Å². The first-order chi connectivity index (χ1) is 10.3. The molecule has 1 aliphatic carbocycles. The van der Waals surface area contributed by atoms with Crippen molar-refractivity contribution >= 4 is 10.9 Å². The standard InChI is InChI=1S/C15H15N5O/c1-19-7-6-17-14(19)13(10-2-3-10)20-9-18-12-4-5-16-8-11(12)15(20)21/h4-10,13H,2-3H2,1H3. The Hall–Kier alpha value is -2.50. The maximum Gasteiger partial charge on any atom is 0.263 e. The lowest BCUT2D eigenvalue weighted by atomic mass is 10.1. The Bertz CT molecular complexity index is 862. The van der Waals surface area contributed by atoms with E-state index in [0.29, 0.717) is 16.8 Å². The molecule has 1 unspecified atom stereocenters. The molecule has 1 atom stereocenters. The minimum atomic E-state index is -0.0481. The van der Waals surface area contributed by atoms with Crippen LogP contribution in [0.5, 0.6) is 0 Å². The fourth-order valence-corrected chi connectivity index (χ4v) is 2.81. The molecule has 3 aromatic rings. The average molecular weight is 281 g/mol. The summed E-state index contributed by atoms with van der Waals surface area (Å²) in [4.78, 5) is 25.6. The Kier molecular flexibility index (Phi) is 2.63. The zero-order chi connectivity index (χ0) is 14.4. The van der Waals surface area contributed by atoms with E-state index in [0.717, 1.165) is 18.7 Å². The number of fused-ring (bicyclic) bond motifs is 1. The summed E-state index contributed by atoms with van der Waals surface area (Å²) in [7, 11) is 1.96. The number of rotatable bonds is 3. The van der Waals surface area contributed by atoms with Crippen LogP contribution in [0.3, 0.4) is 0 Å². The summed E-state index contributed by atoms with van der Waals surface area (Å²) in [6.45, 7) is 0. The van der Waals surface area contributed by atoms with Gasteiger partial charge in [-0.3, -0.25) is 14.3 Å². The van der Waals surface area contributed by atoms with Crippen molar-refractivity contribution in [1.82, 2.24) is 24.1 Å². The van der Waals surface area contributed by atoms with Gasteiger partial charge in [0.2, 0.25) is 0 Å². The first-order valence-electron chi connectivity index (χ1n) is 7.04. The molecule has 0 aliphatic heterocycles. The lowest BCUT2D eigenvalue weighted by molar-refractivity contribution is 0.463. The van der Waals surface area contributed by atoms with E-state index in [1.165, 1.54) is 0 Å². The van der Waals surface area contributed by atoms with Crippen molar-refractivity contribution in [2.45, 2.75) is 18.9 Å². The monoisotopic (exact) mass is 281 g/mol. The van der Waals surface area contributed by atoms with E-state index >= 15 is 0 Å². The summed E-state index contributed by atoms with van der Waals surface area (Å²) in [5.41, 5.74) is 0.633. The molecule has 1 saturated carbocycles. The van der Waals surface area contributed by atoms with Crippen LogP contribution < -0.4 is 5.56 Å². The minimum Gasteiger partial charge on any atom is -0.336 e. The van der Waals surface area contributed by atoms with Crippen LogP contribution in [-0.4, -0.2) is 24.1 Å². The number of pyridine rings is 1. The highest BCUT2D eigenvalue weighted by Crippen LogP contribution is 2.42. The van der Waals surface area contributed by atoms with Gasteiger partial charge in [-0.1, -0.05) is 0 Å². The highest BCUT2D eigenvalue weighted by Gasteiger charge is 2.36. The van der Waals surface area contributed by atoms with Crippen LogP contribution >= 0.6 is 0 Å². The number of hydrogen-bond donors (Lipinski definition) is 0. The van der Waals surface area contributed by atoms with E-state index in [2.05, 4.69) is 15.0 Å². The highest BCUT2D eigenvalue weighted by molar-refractivity contribution is 5.75. The van der Waals surface area contributed by atoms with E-state index in [-0.39, 0.29) is 11.6 Å². The van der Waals surface area contributed by atoms with Gasteiger partial charge in [-0.15, -0.1) is 0 Å². The van der Waals surface area contributed by atoms with Crippen LogP contribution in [-0.2, 0) is 7.05 Å². The van der Waals surface area contributed by atoms with Crippen molar-refractivity contribution in [3.63, 3.8) is 0 Å². The summed E-state index contributed by atoms with van der Waals surface area (Å²) in [6, 6.07) is 1.71. The van der Waals surface area contributed by atoms with Crippen LogP contribution in [0, 0.1) is 5.92 Å². The van der Waals surface area contributed by atoms with Crippen molar-refractivity contribution in [2.75, 3.05) is 0 Å². The zero-order valence-electron chi connectivity index (χ0n) is 11.7. The van der Waals surface area contributed by atoms with E-state index in [9.17, 15) is 4.79 Å². The molecular formula is C15H15N5O. The number of aryl methyl sites for hydroxylation is 1. The molecule has 4 rings (SSSR count). The van der Waals surface area contributed by atoms with Gasteiger partial charge in [0.15, 0.2) is 0 Å². The summed E-state index contributed by atoms with van der Waals surface area (Å²) in [5, 5.41) is 0.555. The predicted molar refractivity (Wildman–Crippen MR) is 77.9 cm³/mol. The predicted octanol–water partition coefficient (Wildman–Crippen LogP) is 1.52. The molecule has 106 valence electrons. The smallest absolute Gasteiger partial charge is 0.263 e. The van der Waals surface area contributed by atoms with Gasteiger partial charge in [-0.25, -0.2) is 9.97 Å². The Morgan fingerprint density at radius 1 is 1.29 bits per heavy atom. The second kappa shape index (κ2) is 4.51. The van der Waals surface area contributed by atoms with E-state index in [1.54, 1.807) is 35.6 Å². The maximum atomic E-state index is 12.8. The van der Waals surface area contributed by atoms with Gasteiger partial charge in [0.05, 0.1) is 23.3 Å². The first kappa shape index (κ1) is 12.3. The summed E-state index contributed by atoms with van der Waals surface area (Å²) >= 11 is 0. The second-order valence-corrected chi connectivity index (χ2v) is 5.53. The van der Waals surface area contributed by atoms with Gasteiger partial charge in [0, 0.05) is 31.8 Å². The van der Waals surface area contributed by atoms with Crippen LogP contribution in [0.15, 0.2) is 42.0 Å². The minimum absolute atomic E-state index is 0.0467. The van der Waals surface area contributed by atoms with Gasteiger partial charge in [-0.2, -0.15) is 0 Å². The van der Waals surface area contributed by atoms with Gasteiger partial charge in [0.25, 0.3) is 5.56 Å². The fraction of sp³-hybridized carbons (Fsp3) is 0.333. The molecule has 0 bridgehead atoms. The van der Waals surface area contributed by atoms with E-state index in [4.69, 9.17) is 0 Å². The molecule has 0 N–H and O–H groups in total. The molecular weight excluding hydrogens is 266 g/mol.